The molecule has 0 spiro atoms. The molecule has 0 saturated carbocycles. The van der Waals surface area contributed by atoms with Crippen LogP contribution in [-0.4, -0.2) is 17.6 Å². The summed E-state index contributed by atoms with van der Waals surface area (Å²) in [5.41, 5.74) is 2.04. The molecule has 0 aromatic heterocycles. The first kappa shape index (κ1) is 11.3. The van der Waals surface area contributed by atoms with E-state index in [0.29, 0.717) is 17.8 Å². The summed E-state index contributed by atoms with van der Waals surface area (Å²) in [7, 11) is 0. The Bertz CT molecular complexity index is 372. The molecule has 0 atom stereocenters. The standard InChI is InChI=1S/C12H15NO2/c1-9(2)7-8-13-11-6-4-3-5-10(11)12(14)15/h3-6,13H,1,7-8H2,2H3,(H,14,15). The highest BCUT2D eigenvalue weighted by molar-refractivity contribution is 5.94. The molecule has 0 bridgehead atoms. The molecule has 3 heteroatoms. The molecule has 1 aromatic carbocycles. The lowest BCUT2D eigenvalue weighted by molar-refractivity contribution is 0.0698. The Morgan fingerprint density at radius 1 is 1.47 bits per heavy atom. The lowest BCUT2D eigenvalue weighted by Crippen LogP contribution is -2.07. The highest BCUT2D eigenvalue weighted by Crippen LogP contribution is 2.14. The van der Waals surface area contributed by atoms with Crippen molar-refractivity contribution < 1.29 is 9.90 Å². The summed E-state index contributed by atoms with van der Waals surface area (Å²) >= 11 is 0. The minimum absolute atomic E-state index is 0.305. The van der Waals surface area contributed by atoms with Crippen LogP contribution in [0.3, 0.4) is 0 Å². The van der Waals surface area contributed by atoms with Crippen molar-refractivity contribution >= 4 is 11.7 Å². The van der Waals surface area contributed by atoms with Crippen molar-refractivity contribution in [3.63, 3.8) is 0 Å². The molecule has 0 aliphatic heterocycles. The van der Waals surface area contributed by atoms with Crippen LogP contribution in [-0.2, 0) is 0 Å². The molecule has 1 aromatic rings. The van der Waals surface area contributed by atoms with E-state index in [1.165, 1.54) is 0 Å². The van der Waals surface area contributed by atoms with E-state index in [4.69, 9.17) is 5.11 Å². The third-order valence-corrected chi connectivity index (χ3v) is 2.02. The van der Waals surface area contributed by atoms with E-state index in [-0.39, 0.29) is 0 Å². The number of anilines is 1. The number of aromatic carboxylic acids is 1. The van der Waals surface area contributed by atoms with Crippen molar-refractivity contribution in [3.8, 4) is 0 Å². The number of benzene rings is 1. The fourth-order valence-electron chi connectivity index (χ4n) is 1.23. The molecule has 0 amide bonds. The summed E-state index contributed by atoms with van der Waals surface area (Å²) in [4.78, 5) is 10.9. The first-order valence-electron chi connectivity index (χ1n) is 4.82. The van der Waals surface area contributed by atoms with Crippen LogP contribution in [0.2, 0.25) is 0 Å². The predicted molar refractivity (Wildman–Crippen MR) is 61.3 cm³/mol. The van der Waals surface area contributed by atoms with Gasteiger partial charge in [-0.25, -0.2) is 4.79 Å². The minimum atomic E-state index is -0.909. The van der Waals surface area contributed by atoms with Crippen molar-refractivity contribution in [2.45, 2.75) is 13.3 Å². The summed E-state index contributed by atoms with van der Waals surface area (Å²) in [6.45, 7) is 6.44. The van der Waals surface area contributed by atoms with Gasteiger partial charge in [-0.2, -0.15) is 0 Å². The Morgan fingerprint density at radius 3 is 2.73 bits per heavy atom. The van der Waals surface area contributed by atoms with Crippen molar-refractivity contribution in [2.75, 3.05) is 11.9 Å². The monoisotopic (exact) mass is 205 g/mol. The van der Waals surface area contributed by atoms with E-state index in [2.05, 4.69) is 11.9 Å². The second-order valence-electron chi connectivity index (χ2n) is 3.48. The van der Waals surface area contributed by atoms with Crippen LogP contribution >= 0.6 is 0 Å². The van der Waals surface area contributed by atoms with Crippen molar-refractivity contribution in [3.05, 3.63) is 42.0 Å². The van der Waals surface area contributed by atoms with E-state index in [0.717, 1.165) is 12.0 Å². The quantitative estimate of drug-likeness (QED) is 0.727. The van der Waals surface area contributed by atoms with Crippen LogP contribution in [0.5, 0.6) is 0 Å². The number of carboxylic acids is 1. The van der Waals surface area contributed by atoms with Gasteiger partial charge >= 0.3 is 5.97 Å². The van der Waals surface area contributed by atoms with Gasteiger partial charge in [0.15, 0.2) is 0 Å². The molecule has 0 unspecified atom stereocenters. The van der Waals surface area contributed by atoms with Gasteiger partial charge in [0, 0.05) is 12.2 Å². The molecule has 3 nitrogen and oxygen atoms in total. The van der Waals surface area contributed by atoms with E-state index in [1.54, 1.807) is 18.2 Å². The molecule has 1 rings (SSSR count). The van der Waals surface area contributed by atoms with Crippen LogP contribution in [0.4, 0.5) is 5.69 Å². The zero-order chi connectivity index (χ0) is 11.3. The Kier molecular flexibility index (Phi) is 3.92. The molecule has 0 aliphatic carbocycles. The van der Waals surface area contributed by atoms with Gasteiger partial charge in [0.1, 0.15) is 0 Å². The van der Waals surface area contributed by atoms with Crippen LogP contribution in [0.25, 0.3) is 0 Å². The van der Waals surface area contributed by atoms with Crippen LogP contribution in [0.1, 0.15) is 23.7 Å². The average molecular weight is 205 g/mol. The second-order valence-corrected chi connectivity index (χ2v) is 3.48. The zero-order valence-electron chi connectivity index (χ0n) is 8.79. The number of carboxylic acid groups (broad SMARTS) is 1. The predicted octanol–water partition coefficient (Wildman–Crippen LogP) is 2.76. The maximum Gasteiger partial charge on any atom is 0.337 e. The molecule has 80 valence electrons. The minimum Gasteiger partial charge on any atom is -0.478 e. The lowest BCUT2D eigenvalue weighted by atomic mass is 10.1. The summed E-state index contributed by atoms with van der Waals surface area (Å²) < 4.78 is 0. The number of nitrogens with one attached hydrogen (secondary N) is 1. The SMILES string of the molecule is C=C(C)CCNc1ccccc1C(=O)O. The van der Waals surface area contributed by atoms with Gasteiger partial charge in [-0.3, -0.25) is 0 Å². The molecule has 15 heavy (non-hydrogen) atoms. The highest BCUT2D eigenvalue weighted by Gasteiger charge is 2.07. The van der Waals surface area contributed by atoms with Crippen molar-refractivity contribution in [1.82, 2.24) is 0 Å². The van der Waals surface area contributed by atoms with E-state index in [9.17, 15) is 4.79 Å². The van der Waals surface area contributed by atoms with Gasteiger partial charge in [-0.05, 0) is 25.5 Å². The largest absolute Gasteiger partial charge is 0.478 e. The van der Waals surface area contributed by atoms with Crippen LogP contribution < -0.4 is 5.32 Å². The van der Waals surface area contributed by atoms with Crippen LogP contribution in [0, 0.1) is 0 Å². The summed E-state index contributed by atoms with van der Waals surface area (Å²) in [5.74, 6) is -0.909. The molecule has 0 fully saturated rings. The second kappa shape index (κ2) is 5.20. The Morgan fingerprint density at radius 2 is 2.13 bits per heavy atom. The first-order valence-corrected chi connectivity index (χ1v) is 4.82. The molecule has 0 heterocycles. The van der Waals surface area contributed by atoms with Gasteiger partial charge in [0.05, 0.1) is 5.56 Å². The van der Waals surface area contributed by atoms with Gasteiger partial charge in [0.25, 0.3) is 0 Å². The molecule has 0 radical (unpaired) electrons. The summed E-state index contributed by atoms with van der Waals surface area (Å²) in [5, 5.41) is 12.0. The van der Waals surface area contributed by atoms with E-state index < -0.39 is 5.97 Å². The van der Waals surface area contributed by atoms with Crippen molar-refractivity contribution in [1.29, 1.82) is 0 Å². The number of hydrogen-bond acceptors (Lipinski definition) is 2. The Labute approximate surface area is 89.4 Å². The molecule has 2 N–H and O–H groups in total. The van der Waals surface area contributed by atoms with Gasteiger partial charge in [-0.1, -0.05) is 17.7 Å². The zero-order valence-corrected chi connectivity index (χ0v) is 8.79. The van der Waals surface area contributed by atoms with Gasteiger partial charge in [-0.15, -0.1) is 6.58 Å². The van der Waals surface area contributed by atoms with Crippen molar-refractivity contribution in [2.24, 2.45) is 0 Å². The van der Waals surface area contributed by atoms with E-state index >= 15 is 0 Å². The average Bonchev–Trinajstić information content (AvgIpc) is 2.17. The molecular weight excluding hydrogens is 190 g/mol. The molecule has 0 aliphatic rings. The molecular formula is C12H15NO2. The molecule has 0 saturated heterocycles. The van der Waals surface area contributed by atoms with Crippen LogP contribution in [0.15, 0.2) is 36.4 Å². The lowest BCUT2D eigenvalue weighted by Gasteiger charge is -2.08. The normalized spacial score (nSPS) is 9.67. The van der Waals surface area contributed by atoms with Gasteiger partial charge in [0.2, 0.25) is 0 Å². The Balaban J connectivity index is 2.67. The maximum absolute atomic E-state index is 10.9. The Hall–Kier alpha value is -1.77. The fraction of sp³-hybridized carbons (Fsp3) is 0.250. The number of hydrogen-bond donors (Lipinski definition) is 2. The number of para-hydroxylation sites is 1. The third-order valence-electron chi connectivity index (χ3n) is 2.02. The highest BCUT2D eigenvalue weighted by atomic mass is 16.4. The van der Waals surface area contributed by atoms with E-state index in [1.807, 2.05) is 13.0 Å². The number of rotatable bonds is 5. The maximum atomic E-state index is 10.9. The topological polar surface area (TPSA) is 49.3 Å². The first-order chi connectivity index (χ1) is 7.11. The third kappa shape index (κ3) is 3.46. The smallest absolute Gasteiger partial charge is 0.337 e. The summed E-state index contributed by atoms with van der Waals surface area (Å²) in [6.07, 6.45) is 0.841. The number of carbonyl (C=O) groups is 1. The fourth-order valence-corrected chi connectivity index (χ4v) is 1.23. The van der Waals surface area contributed by atoms with Gasteiger partial charge < -0.3 is 10.4 Å². The summed E-state index contributed by atoms with van der Waals surface area (Å²) in [6, 6.07) is 6.89.